The van der Waals surface area contributed by atoms with Gasteiger partial charge in [0.1, 0.15) is 21.4 Å². The van der Waals surface area contributed by atoms with Crippen LogP contribution in [0.2, 0.25) is 0 Å². The summed E-state index contributed by atoms with van der Waals surface area (Å²) in [5, 5.41) is 14.3. The molecular weight excluding hydrogens is 622 g/mol. The number of nitrogens with one attached hydrogen (secondary N) is 2. The topological polar surface area (TPSA) is 160 Å². The fourth-order valence-corrected chi connectivity index (χ4v) is 6.13. The number of benzene rings is 1. The van der Waals surface area contributed by atoms with Crippen molar-refractivity contribution in [1.82, 2.24) is 20.1 Å². The van der Waals surface area contributed by atoms with Gasteiger partial charge in [-0.3, -0.25) is 9.59 Å². The molecule has 2 amide bonds. The van der Waals surface area contributed by atoms with Crippen molar-refractivity contribution in [3.8, 4) is 11.5 Å². The first-order chi connectivity index (χ1) is 21.6. The lowest BCUT2D eigenvalue weighted by Gasteiger charge is -2.14. The molecule has 2 heterocycles. The van der Waals surface area contributed by atoms with Gasteiger partial charge in [0.25, 0.3) is 5.91 Å². The Kier molecular flexibility index (Phi) is 13.2. The Balaban J connectivity index is 1.78. The van der Waals surface area contributed by atoms with E-state index in [1.165, 1.54) is 26.0 Å². The Labute approximate surface area is 270 Å². The Morgan fingerprint density at radius 2 is 1.62 bits per heavy atom. The van der Waals surface area contributed by atoms with Gasteiger partial charge in [-0.15, -0.1) is 21.5 Å². The van der Waals surface area contributed by atoms with Gasteiger partial charge in [-0.1, -0.05) is 25.1 Å². The number of anilines is 1. The fraction of sp³-hybridized carbons (Fsp3) is 0.467. The molecule has 0 aliphatic heterocycles. The lowest BCUT2D eigenvalue weighted by Crippen LogP contribution is -2.25. The number of esters is 2. The number of thioether (sulfide) groups is 1. The second kappa shape index (κ2) is 16.8. The van der Waals surface area contributed by atoms with Crippen LogP contribution in [-0.2, 0) is 27.4 Å². The van der Waals surface area contributed by atoms with E-state index in [2.05, 4.69) is 27.8 Å². The van der Waals surface area contributed by atoms with E-state index in [1.807, 2.05) is 4.57 Å². The molecule has 2 aromatic heterocycles. The summed E-state index contributed by atoms with van der Waals surface area (Å²) in [6, 6.07) is 4.90. The second-order valence-electron chi connectivity index (χ2n) is 9.64. The van der Waals surface area contributed by atoms with Gasteiger partial charge in [-0.25, -0.2) is 9.59 Å². The quantitative estimate of drug-likeness (QED) is 0.159. The summed E-state index contributed by atoms with van der Waals surface area (Å²) in [5.41, 5.74) is 0.863. The molecule has 0 spiro atoms. The van der Waals surface area contributed by atoms with Crippen LogP contribution in [0.4, 0.5) is 5.00 Å². The summed E-state index contributed by atoms with van der Waals surface area (Å²) >= 11 is 2.15. The van der Waals surface area contributed by atoms with E-state index < -0.39 is 23.1 Å². The molecule has 45 heavy (non-hydrogen) atoms. The van der Waals surface area contributed by atoms with Crippen LogP contribution >= 0.6 is 23.1 Å². The summed E-state index contributed by atoms with van der Waals surface area (Å²) in [4.78, 5) is 51.8. The number of nitrogens with zero attached hydrogens (tertiary/aromatic N) is 3. The highest BCUT2D eigenvalue weighted by molar-refractivity contribution is 8.00. The van der Waals surface area contributed by atoms with Crippen molar-refractivity contribution >= 4 is 51.9 Å². The zero-order valence-corrected chi connectivity index (χ0v) is 28.1. The lowest BCUT2D eigenvalue weighted by molar-refractivity contribution is -0.115. The molecule has 3 rings (SSSR count). The third-order valence-electron chi connectivity index (χ3n) is 6.52. The van der Waals surface area contributed by atoms with Crippen molar-refractivity contribution in [3.63, 3.8) is 0 Å². The molecule has 0 aliphatic rings. The van der Waals surface area contributed by atoms with Gasteiger partial charge in [0.15, 0.2) is 11.0 Å². The van der Waals surface area contributed by atoms with Crippen LogP contribution in [0.3, 0.4) is 0 Å². The van der Waals surface area contributed by atoms with Crippen LogP contribution in [0.5, 0.6) is 11.5 Å². The maximum absolute atomic E-state index is 13.3. The molecule has 2 N–H and O–H groups in total. The summed E-state index contributed by atoms with van der Waals surface area (Å²) in [7, 11) is 3.02. The summed E-state index contributed by atoms with van der Waals surface area (Å²) in [5.74, 6) is -0.474. The average molecular weight is 662 g/mol. The molecule has 244 valence electrons. The second-order valence-corrected chi connectivity index (χ2v) is 12.0. The number of hydrogen-bond donors (Lipinski definition) is 2. The first kappa shape index (κ1) is 35.4. The lowest BCUT2D eigenvalue weighted by atomic mass is 10.1. The van der Waals surface area contributed by atoms with Crippen molar-refractivity contribution in [2.45, 2.75) is 71.0 Å². The van der Waals surface area contributed by atoms with Crippen molar-refractivity contribution in [3.05, 3.63) is 45.6 Å². The summed E-state index contributed by atoms with van der Waals surface area (Å²) in [6.45, 7) is 9.71. The zero-order valence-electron chi connectivity index (χ0n) is 26.5. The number of aromatic nitrogens is 3. The molecule has 13 nitrogen and oxygen atoms in total. The average Bonchev–Trinajstić information content (AvgIpc) is 3.57. The Hall–Kier alpha value is -4.11. The van der Waals surface area contributed by atoms with E-state index in [0.29, 0.717) is 40.2 Å². The normalized spacial score (nSPS) is 11.4. The molecule has 1 atom stereocenters. The standard InChI is InChI=1S/C30H39N5O8S2/c1-8-11-12-35-22(16-31-26(37)19-13-20(40-6)15-21(14-19)41-7)33-34-30(35)44-18(5)25(36)32-27-23(28(38)42-9-2)17(4)24(45-27)29(39)43-10-3/h13-15,18H,8-12,16H2,1-7H3,(H,31,37)(H,32,36). The number of carbonyl (C=O) groups is 4. The highest BCUT2D eigenvalue weighted by atomic mass is 32.2. The minimum Gasteiger partial charge on any atom is -0.497 e. The predicted octanol–water partition coefficient (Wildman–Crippen LogP) is 4.87. The first-order valence-electron chi connectivity index (χ1n) is 14.5. The third kappa shape index (κ3) is 8.97. The smallest absolute Gasteiger partial charge is 0.348 e. The van der Waals surface area contributed by atoms with Gasteiger partial charge in [0, 0.05) is 18.2 Å². The number of methoxy groups -OCH3 is 2. The van der Waals surface area contributed by atoms with Crippen LogP contribution in [0.15, 0.2) is 23.4 Å². The Bertz CT molecular complexity index is 1500. The summed E-state index contributed by atoms with van der Waals surface area (Å²) < 4.78 is 22.7. The van der Waals surface area contributed by atoms with Crippen LogP contribution in [0.1, 0.15) is 82.3 Å². The van der Waals surface area contributed by atoms with Crippen molar-refractivity contribution in [1.29, 1.82) is 0 Å². The number of carbonyl (C=O) groups excluding carboxylic acids is 4. The van der Waals surface area contributed by atoms with Gasteiger partial charge >= 0.3 is 11.9 Å². The van der Waals surface area contributed by atoms with Crippen LogP contribution in [0.25, 0.3) is 0 Å². The highest BCUT2D eigenvalue weighted by Gasteiger charge is 2.29. The van der Waals surface area contributed by atoms with Crippen molar-refractivity contribution in [2.24, 2.45) is 0 Å². The number of amides is 2. The predicted molar refractivity (Wildman–Crippen MR) is 171 cm³/mol. The zero-order chi connectivity index (χ0) is 33.1. The van der Waals surface area contributed by atoms with Crippen molar-refractivity contribution in [2.75, 3.05) is 32.8 Å². The van der Waals surface area contributed by atoms with Crippen molar-refractivity contribution < 1.29 is 38.1 Å². The maximum Gasteiger partial charge on any atom is 0.348 e. The van der Waals surface area contributed by atoms with Gasteiger partial charge in [0.2, 0.25) is 5.91 Å². The molecule has 1 unspecified atom stereocenters. The van der Waals surface area contributed by atoms with Gasteiger partial charge < -0.3 is 34.1 Å². The first-order valence-corrected chi connectivity index (χ1v) is 16.2. The number of unbranched alkanes of at least 4 members (excludes halogenated alkanes) is 1. The van der Waals surface area contributed by atoms with Crippen LogP contribution in [0, 0.1) is 6.92 Å². The van der Waals surface area contributed by atoms with E-state index in [-0.39, 0.29) is 41.1 Å². The molecule has 0 bridgehead atoms. The number of rotatable bonds is 16. The van der Waals surface area contributed by atoms with E-state index >= 15 is 0 Å². The number of hydrogen-bond acceptors (Lipinski definition) is 12. The molecule has 0 saturated carbocycles. The molecule has 1 aromatic carbocycles. The van der Waals surface area contributed by atoms with E-state index in [4.69, 9.17) is 18.9 Å². The Morgan fingerprint density at radius 3 is 2.22 bits per heavy atom. The Morgan fingerprint density at radius 1 is 0.978 bits per heavy atom. The minimum atomic E-state index is -0.662. The molecule has 0 saturated heterocycles. The highest BCUT2D eigenvalue weighted by Crippen LogP contribution is 2.35. The largest absolute Gasteiger partial charge is 0.497 e. The maximum atomic E-state index is 13.3. The summed E-state index contributed by atoms with van der Waals surface area (Å²) in [6.07, 6.45) is 1.74. The number of thiophene rings is 1. The SMILES string of the molecule is CCCCn1c(CNC(=O)c2cc(OC)cc(OC)c2)nnc1SC(C)C(=O)Nc1sc(C(=O)OCC)c(C)c1C(=O)OCC. The fourth-order valence-electron chi connectivity index (χ4n) is 4.14. The third-order valence-corrected chi connectivity index (χ3v) is 8.79. The number of ether oxygens (including phenoxy) is 4. The van der Waals surface area contributed by atoms with Crippen LogP contribution < -0.4 is 20.1 Å². The van der Waals surface area contributed by atoms with E-state index in [1.54, 1.807) is 45.9 Å². The molecule has 3 aromatic rings. The van der Waals surface area contributed by atoms with Gasteiger partial charge in [0.05, 0.1) is 44.8 Å². The molecule has 0 radical (unpaired) electrons. The van der Waals surface area contributed by atoms with Gasteiger partial charge in [-0.05, 0) is 51.8 Å². The molecule has 0 fully saturated rings. The molecule has 0 aliphatic carbocycles. The van der Waals surface area contributed by atoms with E-state index in [0.717, 1.165) is 24.2 Å². The minimum absolute atomic E-state index is 0.101. The van der Waals surface area contributed by atoms with Gasteiger partial charge in [-0.2, -0.15) is 0 Å². The molecular formula is C30H39N5O8S2. The monoisotopic (exact) mass is 661 g/mol. The van der Waals surface area contributed by atoms with E-state index in [9.17, 15) is 19.2 Å². The van der Waals surface area contributed by atoms with Crippen LogP contribution in [-0.4, -0.2) is 71.2 Å². The molecule has 15 heteroatoms.